The van der Waals surface area contributed by atoms with Crippen molar-refractivity contribution in [2.45, 2.75) is 35.5 Å². The van der Waals surface area contributed by atoms with Crippen LogP contribution < -0.4 is 5.32 Å². The van der Waals surface area contributed by atoms with Crippen LogP contribution in [0.25, 0.3) is 0 Å². The molecule has 16 heteroatoms. The number of halogens is 8. The lowest BCUT2D eigenvalue weighted by molar-refractivity contribution is -0.275. The second-order valence-corrected chi connectivity index (χ2v) is 11.6. The lowest BCUT2D eigenvalue weighted by Crippen LogP contribution is -2.42. The molecule has 0 spiro atoms. The van der Waals surface area contributed by atoms with Gasteiger partial charge in [-0.05, 0) is 36.8 Å². The number of hydrogen-bond donors (Lipinski definition) is 1. The molecule has 0 saturated heterocycles. The summed E-state index contributed by atoms with van der Waals surface area (Å²) in [5.41, 5.74) is -3.50. The number of alkyl halides is 6. The number of hydrogen-bond acceptors (Lipinski definition) is 6. The van der Waals surface area contributed by atoms with Gasteiger partial charge >= 0.3 is 12.4 Å². The summed E-state index contributed by atoms with van der Waals surface area (Å²) in [6, 6.07) is 4.52. The molecule has 1 amide bonds. The lowest BCUT2D eigenvalue weighted by atomic mass is 9.88. The summed E-state index contributed by atoms with van der Waals surface area (Å²) < 4.78 is 104. The minimum absolute atomic E-state index is 0.0102. The molecule has 1 N–H and O–H groups in total. The topological polar surface area (TPSA) is 84.8 Å². The molecule has 1 aromatic carbocycles. The second kappa shape index (κ2) is 9.45. The molecule has 1 aromatic heterocycles. The molecule has 2 aromatic rings. The van der Waals surface area contributed by atoms with Crippen molar-refractivity contribution in [3.8, 4) is 0 Å². The number of carbonyl (C=O) groups is 1. The third kappa shape index (κ3) is 6.04. The van der Waals surface area contributed by atoms with Crippen molar-refractivity contribution in [3.63, 3.8) is 0 Å². The average Bonchev–Trinajstić information content (AvgIpc) is 3.29. The first-order valence-electron chi connectivity index (χ1n) is 9.39. The first-order valence-corrected chi connectivity index (χ1v) is 12.6. The van der Waals surface area contributed by atoms with Gasteiger partial charge in [-0.1, -0.05) is 28.4 Å². The molecule has 0 radical (unpaired) electrons. The van der Waals surface area contributed by atoms with Crippen LogP contribution in [-0.4, -0.2) is 44.7 Å². The van der Waals surface area contributed by atoms with Crippen LogP contribution in [0, 0.1) is 6.92 Å². The van der Waals surface area contributed by atoms with Gasteiger partial charge in [0.1, 0.15) is 22.2 Å². The van der Waals surface area contributed by atoms with Crippen LogP contribution in [0.2, 0.25) is 10.0 Å². The van der Waals surface area contributed by atoms with Crippen LogP contribution in [0.15, 0.2) is 33.6 Å². The highest BCUT2D eigenvalue weighted by atomic mass is 35.5. The van der Waals surface area contributed by atoms with Crippen molar-refractivity contribution in [2.24, 2.45) is 5.16 Å². The van der Waals surface area contributed by atoms with E-state index in [-0.39, 0.29) is 26.2 Å². The number of thiophene rings is 1. The van der Waals surface area contributed by atoms with E-state index in [1.165, 1.54) is 24.4 Å². The van der Waals surface area contributed by atoms with Gasteiger partial charge in [-0.15, -0.1) is 11.3 Å². The van der Waals surface area contributed by atoms with Crippen molar-refractivity contribution in [1.29, 1.82) is 0 Å². The molecule has 0 bridgehead atoms. The van der Waals surface area contributed by atoms with Gasteiger partial charge in [0.05, 0.1) is 11.3 Å². The van der Waals surface area contributed by atoms with Gasteiger partial charge in [0.2, 0.25) is 5.91 Å². The number of benzene rings is 1. The van der Waals surface area contributed by atoms with Gasteiger partial charge in [-0.3, -0.25) is 4.79 Å². The molecular weight excluding hydrogens is 569 g/mol. The monoisotopic (exact) mass is 582 g/mol. The zero-order valence-corrected chi connectivity index (χ0v) is 20.5. The van der Waals surface area contributed by atoms with E-state index in [1.54, 1.807) is 0 Å². The zero-order chi connectivity index (χ0) is 26.4. The summed E-state index contributed by atoms with van der Waals surface area (Å²) in [6.45, 7) is -0.387. The number of rotatable bonds is 6. The van der Waals surface area contributed by atoms with Gasteiger partial charge in [0.25, 0.3) is 5.60 Å². The molecular formula is C19H14Cl2F6N2O4S2. The van der Waals surface area contributed by atoms with Crippen LogP contribution in [0.5, 0.6) is 0 Å². The summed E-state index contributed by atoms with van der Waals surface area (Å²) >= 11 is 12.2. The van der Waals surface area contributed by atoms with Crippen LogP contribution >= 0.6 is 34.5 Å². The molecule has 1 aliphatic rings. The van der Waals surface area contributed by atoms with Crippen molar-refractivity contribution in [3.05, 3.63) is 50.3 Å². The fraction of sp³-hybridized carbons (Fsp3) is 0.368. The molecule has 1 atom stereocenters. The predicted octanol–water partition coefficient (Wildman–Crippen LogP) is 5.40. The van der Waals surface area contributed by atoms with E-state index in [4.69, 9.17) is 28.0 Å². The maximum absolute atomic E-state index is 14.1. The number of carbonyl (C=O) groups excluding carboxylic acids is 1. The highest BCUT2D eigenvalue weighted by molar-refractivity contribution is 7.94. The maximum Gasteiger partial charge on any atom is 0.435 e. The van der Waals surface area contributed by atoms with Crippen LogP contribution in [-0.2, 0) is 25.1 Å². The maximum atomic E-state index is 14.1. The van der Waals surface area contributed by atoms with E-state index in [0.29, 0.717) is 11.3 Å². The number of nitrogens with one attached hydrogen (secondary N) is 1. The van der Waals surface area contributed by atoms with Crippen LogP contribution in [0.4, 0.5) is 26.3 Å². The molecule has 35 heavy (non-hydrogen) atoms. The Morgan fingerprint density at radius 1 is 1.14 bits per heavy atom. The third-order valence-corrected chi connectivity index (χ3v) is 8.82. The fourth-order valence-electron chi connectivity index (χ4n) is 3.23. The first-order chi connectivity index (χ1) is 15.9. The minimum Gasteiger partial charge on any atom is -0.374 e. The molecule has 1 aliphatic heterocycles. The van der Waals surface area contributed by atoms with E-state index in [1.807, 2.05) is 0 Å². The van der Waals surface area contributed by atoms with E-state index in [0.717, 1.165) is 12.1 Å². The lowest BCUT2D eigenvalue weighted by Gasteiger charge is -2.29. The number of amides is 1. The first kappa shape index (κ1) is 27.6. The largest absolute Gasteiger partial charge is 0.435 e. The molecule has 0 saturated carbocycles. The SMILES string of the molecule is Cc1cc(C2=NOC(c3cc(Cl)cc(Cl)c3)(C(F)(F)F)C2)sc1S(=O)(=O)CC(=O)NCC(F)(F)F. The normalized spacial score (nSPS) is 18.8. The van der Waals surface area contributed by atoms with Gasteiger partial charge in [0, 0.05) is 15.6 Å². The Balaban J connectivity index is 1.88. The Bertz CT molecular complexity index is 1270. The van der Waals surface area contributed by atoms with E-state index in [9.17, 15) is 39.6 Å². The second-order valence-electron chi connectivity index (χ2n) is 7.52. The van der Waals surface area contributed by atoms with Crippen molar-refractivity contribution < 1.29 is 44.4 Å². The summed E-state index contributed by atoms with van der Waals surface area (Å²) in [5.74, 6) is -2.66. The Morgan fingerprint density at radius 3 is 2.29 bits per heavy atom. The molecule has 0 aliphatic carbocycles. The standard InChI is InChI=1S/C19H14Cl2F6N2O4S2/c1-9-2-14(34-16(9)35(31,32)7-15(30)28-8-18(22,23)24)13-6-17(33-29-13,19(25,26)27)10-3-11(20)5-12(21)4-10/h2-5H,6-8H2,1H3,(H,28,30). The molecule has 1 unspecified atom stereocenters. The number of aryl methyl sites for hydroxylation is 1. The van der Waals surface area contributed by atoms with Gasteiger partial charge < -0.3 is 10.2 Å². The summed E-state index contributed by atoms with van der Waals surface area (Å²) in [6.07, 6.45) is -10.5. The number of sulfone groups is 1. The molecule has 3 rings (SSSR count). The Morgan fingerprint density at radius 2 is 1.74 bits per heavy atom. The fourth-order valence-corrected chi connectivity index (χ4v) is 6.72. The summed E-state index contributed by atoms with van der Waals surface area (Å²) in [7, 11) is -4.40. The summed E-state index contributed by atoms with van der Waals surface area (Å²) in [4.78, 5) is 16.6. The third-order valence-electron chi connectivity index (χ3n) is 4.76. The summed E-state index contributed by atoms with van der Waals surface area (Å²) in [5, 5.41) is 4.85. The van der Waals surface area contributed by atoms with Gasteiger partial charge in [-0.25, -0.2) is 8.42 Å². The Labute approximate surface area is 208 Å². The van der Waals surface area contributed by atoms with Crippen LogP contribution in [0.1, 0.15) is 22.4 Å². The Hall–Kier alpha value is -2.03. The smallest absolute Gasteiger partial charge is 0.374 e. The van der Waals surface area contributed by atoms with E-state index < -0.39 is 62.2 Å². The molecule has 0 fully saturated rings. The highest BCUT2D eigenvalue weighted by Gasteiger charge is 2.62. The van der Waals surface area contributed by atoms with Crippen molar-refractivity contribution >= 4 is 56.0 Å². The number of oxime groups is 1. The average molecular weight is 583 g/mol. The molecule has 2 heterocycles. The Kier molecular flexibility index (Phi) is 7.44. The minimum atomic E-state index is -4.97. The molecule has 192 valence electrons. The quantitative estimate of drug-likeness (QED) is 0.462. The number of nitrogens with zero attached hydrogens (tertiary/aromatic N) is 1. The van der Waals surface area contributed by atoms with Gasteiger partial charge in [-0.2, -0.15) is 26.3 Å². The zero-order valence-electron chi connectivity index (χ0n) is 17.4. The predicted molar refractivity (Wildman–Crippen MR) is 117 cm³/mol. The highest BCUT2D eigenvalue weighted by Crippen LogP contribution is 2.50. The van der Waals surface area contributed by atoms with Gasteiger partial charge in [0.15, 0.2) is 9.84 Å². The molecule has 6 nitrogen and oxygen atoms in total. The van der Waals surface area contributed by atoms with E-state index >= 15 is 0 Å². The van der Waals surface area contributed by atoms with Crippen molar-refractivity contribution in [2.75, 3.05) is 12.3 Å². The van der Waals surface area contributed by atoms with Crippen LogP contribution in [0.3, 0.4) is 0 Å². The van der Waals surface area contributed by atoms with E-state index in [2.05, 4.69) is 5.16 Å². The van der Waals surface area contributed by atoms with Crippen molar-refractivity contribution in [1.82, 2.24) is 5.32 Å².